The van der Waals surface area contributed by atoms with E-state index in [9.17, 15) is 4.79 Å². The molecule has 1 amide bonds. The van der Waals surface area contributed by atoms with Crippen LogP contribution in [0.3, 0.4) is 0 Å². The van der Waals surface area contributed by atoms with Crippen LogP contribution in [0.1, 0.15) is 24.8 Å². The van der Waals surface area contributed by atoms with Crippen molar-refractivity contribution in [3.05, 3.63) is 35.7 Å². The van der Waals surface area contributed by atoms with Crippen LogP contribution in [0.2, 0.25) is 0 Å². The van der Waals surface area contributed by atoms with Gasteiger partial charge in [-0.1, -0.05) is 17.7 Å². The molecule has 0 saturated carbocycles. The van der Waals surface area contributed by atoms with Crippen LogP contribution < -0.4 is 0 Å². The molecule has 1 aromatic carbocycles. The van der Waals surface area contributed by atoms with Gasteiger partial charge in [0.25, 0.3) is 0 Å². The van der Waals surface area contributed by atoms with E-state index in [1.807, 2.05) is 43.0 Å². The summed E-state index contributed by atoms with van der Waals surface area (Å²) in [5.41, 5.74) is 2.07. The van der Waals surface area contributed by atoms with Crippen LogP contribution in [0.15, 0.2) is 28.7 Å². The smallest absolute Gasteiger partial charge is 0.247 e. The van der Waals surface area contributed by atoms with E-state index in [-0.39, 0.29) is 11.9 Å². The molecule has 0 unspecified atom stereocenters. The van der Waals surface area contributed by atoms with E-state index in [2.05, 4.69) is 10.2 Å². The van der Waals surface area contributed by atoms with Crippen molar-refractivity contribution in [1.82, 2.24) is 15.1 Å². The zero-order valence-corrected chi connectivity index (χ0v) is 13.5. The summed E-state index contributed by atoms with van der Waals surface area (Å²) in [6.07, 6.45) is 0.835. The molecule has 0 N–H and O–H groups in total. The number of amides is 1. The Bertz CT molecular complexity index is 666. The van der Waals surface area contributed by atoms with Crippen molar-refractivity contribution in [3.8, 4) is 11.5 Å². The lowest BCUT2D eigenvalue weighted by atomic mass is 10.1. The summed E-state index contributed by atoms with van der Waals surface area (Å²) in [5, 5.41) is 8.10. The second kappa shape index (κ2) is 6.91. The minimum atomic E-state index is 0.107. The number of hydrogen-bond donors (Lipinski definition) is 0. The topological polar surface area (TPSA) is 68.5 Å². The van der Waals surface area contributed by atoms with E-state index in [4.69, 9.17) is 9.15 Å². The minimum Gasteiger partial charge on any atom is -0.421 e. The summed E-state index contributed by atoms with van der Waals surface area (Å²) < 4.78 is 11.0. The van der Waals surface area contributed by atoms with Gasteiger partial charge in [0.1, 0.15) is 0 Å². The maximum atomic E-state index is 12.3. The van der Waals surface area contributed by atoms with Crippen LogP contribution in [0.4, 0.5) is 0 Å². The first-order valence-corrected chi connectivity index (χ1v) is 7.90. The quantitative estimate of drug-likeness (QED) is 0.865. The van der Waals surface area contributed by atoms with Crippen molar-refractivity contribution in [3.63, 3.8) is 0 Å². The van der Waals surface area contributed by atoms with Gasteiger partial charge in [-0.05, 0) is 26.0 Å². The SMILES string of the molecule is Cc1ccc(-c2nnc(CCC(=O)N3CCOC[C@H]3C)o2)cc1. The zero-order valence-electron chi connectivity index (χ0n) is 13.5. The fraction of sp³-hybridized carbons (Fsp3) is 0.471. The number of carbonyl (C=O) groups is 1. The molecule has 2 aromatic rings. The third kappa shape index (κ3) is 3.76. The molecular weight excluding hydrogens is 294 g/mol. The highest BCUT2D eigenvalue weighted by Gasteiger charge is 2.23. The molecule has 2 heterocycles. The third-order valence-corrected chi connectivity index (χ3v) is 4.01. The molecule has 3 rings (SSSR count). The van der Waals surface area contributed by atoms with E-state index < -0.39 is 0 Å². The molecular formula is C17H21N3O3. The molecule has 0 aliphatic carbocycles. The van der Waals surface area contributed by atoms with Crippen LogP contribution in [0.5, 0.6) is 0 Å². The number of rotatable bonds is 4. The largest absolute Gasteiger partial charge is 0.421 e. The van der Waals surface area contributed by atoms with Gasteiger partial charge in [0.15, 0.2) is 0 Å². The van der Waals surface area contributed by atoms with Gasteiger partial charge in [-0.25, -0.2) is 0 Å². The van der Waals surface area contributed by atoms with Crippen molar-refractivity contribution in [1.29, 1.82) is 0 Å². The number of carbonyl (C=O) groups excluding carboxylic acids is 1. The molecule has 1 atom stereocenters. The van der Waals surface area contributed by atoms with Gasteiger partial charge < -0.3 is 14.1 Å². The molecule has 0 spiro atoms. The Morgan fingerprint density at radius 1 is 1.30 bits per heavy atom. The number of morpholine rings is 1. The van der Waals surface area contributed by atoms with Gasteiger partial charge in [0, 0.05) is 24.9 Å². The molecule has 0 bridgehead atoms. The normalized spacial score (nSPS) is 18.2. The van der Waals surface area contributed by atoms with Gasteiger partial charge in [0.2, 0.25) is 17.7 Å². The van der Waals surface area contributed by atoms with Crippen molar-refractivity contribution < 1.29 is 13.9 Å². The molecule has 23 heavy (non-hydrogen) atoms. The fourth-order valence-electron chi connectivity index (χ4n) is 2.62. The number of aryl methyl sites for hydroxylation is 2. The van der Waals surface area contributed by atoms with Crippen molar-refractivity contribution in [2.45, 2.75) is 32.7 Å². The monoisotopic (exact) mass is 315 g/mol. The summed E-state index contributed by atoms with van der Waals surface area (Å²) in [5.74, 6) is 1.10. The Hall–Kier alpha value is -2.21. The average Bonchev–Trinajstić information content (AvgIpc) is 3.03. The van der Waals surface area contributed by atoms with Gasteiger partial charge in [-0.3, -0.25) is 4.79 Å². The van der Waals surface area contributed by atoms with Gasteiger partial charge in [0.05, 0.1) is 19.3 Å². The van der Waals surface area contributed by atoms with Crippen LogP contribution in [-0.4, -0.2) is 46.8 Å². The summed E-state index contributed by atoms with van der Waals surface area (Å²) in [6.45, 7) is 5.89. The molecule has 122 valence electrons. The zero-order chi connectivity index (χ0) is 16.2. The van der Waals surface area contributed by atoms with E-state index in [0.717, 1.165) is 5.56 Å². The highest BCUT2D eigenvalue weighted by molar-refractivity contribution is 5.76. The molecule has 6 nitrogen and oxygen atoms in total. The predicted octanol–water partition coefficient (Wildman–Crippen LogP) is 2.22. The lowest BCUT2D eigenvalue weighted by molar-refractivity contribution is -0.139. The van der Waals surface area contributed by atoms with Gasteiger partial charge in [-0.15, -0.1) is 10.2 Å². The molecule has 1 aromatic heterocycles. The van der Waals surface area contributed by atoms with E-state index in [0.29, 0.717) is 44.4 Å². The molecule has 1 aliphatic rings. The average molecular weight is 315 g/mol. The first-order chi connectivity index (χ1) is 11.1. The lowest BCUT2D eigenvalue weighted by Gasteiger charge is -2.33. The van der Waals surface area contributed by atoms with E-state index >= 15 is 0 Å². The maximum absolute atomic E-state index is 12.3. The number of ether oxygens (including phenoxy) is 1. The van der Waals surface area contributed by atoms with Crippen LogP contribution >= 0.6 is 0 Å². The van der Waals surface area contributed by atoms with E-state index in [1.54, 1.807) is 0 Å². The first kappa shape index (κ1) is 15.7. The van der Waals surface area contributed by atoms with E-state index in [1.165, 1.54) is 5.56 Å². The van der Waals surface area contributed by atoms with Gasteiger partial charge >= 0.3 is 0 Å². The summed E-state index contributed by atoms with van der Waals surface area (Å²) in [7, 11) is 0. The Morgan fingerprint density at radius 3 is 2.83 bits per heavy atom. The van der Waals surface area contributed by atoms with Crippen LogP contribution in [-0.2, 0) is 16.0 Å². The van der Waals surface area contributed by atoms with Crippen molar-refractivity contribution >= 4 is 5.91 Å². The number of benzene rings is 1. The Balaban J connectivity index is 1.58. The van der Waals surface area contributed by atoms with Gasteiger partial charge in [-0.2, -0.15) is 0 Å². The standard InChI is InChI=1S/C17H21N3O3/c1-12-3-5-14(6-4-12)17-19-18-15(23-17)7-8-16(21)20-9-10-22-11-13(20)2/h3-6,13H,7-11H2,1-2H3/t13-/m1/s1. The predicted molar refractivity (Wildman–Crippen MR) is 84.8 cm³/mol. The molecule has 1 saturated heterocycles. The highest BCUT2D eigenvalue weighted by Crippen LogP contribution is 2.19. The number of aromatic nitrogens is 2. The minimum absolute atomic E-state index is 0.107. The maximum Gasteiger partial charge on any atom is 0.247 e. The second-order valence-electron chi connectivity index (χ2n) is 5.88. The first-order valence-electron chi connectivity index (χ1n) is 7.90. The fourth-order valence-corrected chi connectivity index (χ4v) is 2.62. The summed E-state index contributed by atoms with van der Waals surface area (Å²) in [6, 6.07) is 8.04. The van der Waals surface area contributed by atoms with Crippen LogP contribution in [0, 0.1) is 6.92 Å². The summed E-state index contributed by atoms with van der Waals surface area (Å²) >= 11 is 0. The van der Waals surface area contributed by atoms with Crippen molar-refractivity contribution in [2.75, 3.05) is 19.8 Å². The van der Waals surface area contributed by atoms with Crippen LogP contribution in [0.25, 0.3) is 11.5 Å². The lowest BCUT2D eigenvalue weighted by Crippen LogP contribution is -2.47. The molecule has 1 aliphatic heterocycles. The summed E-state index contributed by atoms with van der Waals surface area (Å²) in [4.78, 5) is 14.1. The third-order valence-electron chi connectivity index (χ3n) is 4.01. The number of hydrogen-bond acceptors (Lipinski definition) is 5. The molecule has 6 heteroatoms. The Kier molecular flexibility index (Phi) is 4.71. The van der Waals surface area contributed by atoms with Crippen molar-refractivity contribution in [2.24, 2.45) is 0 Å². The molecule has 0 radical (unpaired) electrons. The highest BCUT2D eigenvalue weighted by atomic mass is 16.5. The number of nitrogens with zero attached hydrogens (tertiary/aromatic N) is 3. The Morgan fingerprint density at radius 2 is 2.09 bits per heavy atom. The Labute approximate surface area is 135 Å². The second-order valence-corrected chi connectivity index (χ2v) is 5.88. The molecule has 1 fully saturated rings.